The molecule has 0 spiro atoms. The highest BCUT2D eigenvalue weighted by atomic mass is 16.3. The summed E-state index contributed by atoms with van der Waals surface area (Å²) >= 11 is 0. The van der Waals surface area contributed by atoms with Crippen molar-refractivity contribution in [2.75, 3.05) is 31.7 Å². The molecular formula is C29H41NO4. The van der Waals surface area contributed by atoms with Crippen LogP contribution < -0.4 is 5.32 Å². The first-order chi connectivity index (χ1) is 16.0. The molecule has 34 heavy (non-hydrogen) atoms. The van der Waals surface area contributed by atoms with Gasteiger partial charge in [-0.3, -0.25) is 0 Å². The summed E-state index contributed by atoms with van der Waals surface area (Å²) in [4.78, 5) is 0. The molecule has 0 unspecified atom stereocenters. The molecule has 2 aliphatic rings. The summed E-state index contributed by atoms with van der Waals surface area (Å²) in [5.74, 6) is 0. The van der Waals surface area contributed by atoms with Crippen molar-refractivity contribution >= 4 is 11.4 Å². The minimum absolute atomic E-state index is 0.107. The van der Waals surface area contributed by atoms with Crippen molar-refractivity contribution in [3.63, 3.8) is 0 Å². The van der Waals surface area contributed by atoms with Crippen LogP contribution in [-0.2, 0) is 21.7 Å². The molecule has 0 atom stereocenters. The smallest absolute Gasteiger partial charge is 0.0550 e. The molecule has 0 bridgehead atoms. The summed E-state index contributed by atoms with van der Waals surface area (Å²) < 4.78 is 0. The van der Waals surface area contributed by atoms with E-state index in [2.05, 4.69) is 52.1 Å². The van der Waals surface area contributed by atoms with Crippen LogP contribution in [0.4, 0.5) is 11.4 Å². The third kappa shape index (κ3) is 3.87. The van der Waals surface area contributed by atoms with E-state index < -0.39 is 10.8 Å². The number of hydrogen-bond donors (Lipinski definition) is 5. The molecule has 186 valence electrons. The fourth-order valence-electron chi connectivity index (χ4n) is 6.04. The Morgan fingerprint density at radius 2 is 1.15 bits per heavy atom. The quantitative estimate of drug-likeness (QED) is 0.436. The molecule has 2 aliphatic carbocycles. The van der Waals surface area contributed by atoms with Gasteiger partial charge in [0.1, 0.15) is 0 Å². The van der Waals surface area contributed by atoms with Crippen LogP contribution in [0.2, 0.25) is 0 Å². The Hall–Kier alpha value is -1.92. The zero-order valence-electron chi connectivity index (χ0n) is 21.3. The van der Waals surface area contributed by atoms with Gasteiger partial charge in [0.25, 0.3) is 0 Å². The zero-order valence-corrected chi connectivity index (χ0v) is 21.3. The van der Waals surface area contributed by atoms with Gasteiger partial charge in [-0.25, -0.2) is 0 Å². The van der Waals surface area contributed by atoms with Gasteiger partial charge in [-0.1, -0.05) is 39.8 Å². The van der Waals surface area contributed by atoms with Gasteiger partial charge < -0.3 is 25.7 Å². The van der Waals surface area contributed by atoms with Crippen molar-refractivity contribution in [2.45, 2.75) is 82.0 Å². The van der Waals surface area contributed by atoms with E-state index in [1.54, 1.807) is 0 Å². The number of anilines is 2. The largest absolute Gasteiger partial charge is 0.395 e. The molecule has 0 radical (unpaired) electrons. The molecule has 2 aromatic rings. The maximum atomic E-state index is 10.3. The summed E-state index contributed by atoms with van der Waals surface area (Å²) in [6.07, 6.45) is 3.33. The maximum absolute atomic E-state index is 10.3. The molecule has 0 aliphatic heterocycles. The predicted octanol–water partition coefficient (Wildman–Crippen LogP) is 4.33. The first kappa shape index (κ1) is 25.2. The van der Waals surface area contributed by atoms with Gasteiger partial charge >= 0.3 is 0 Å². The predicted molar refractivity (Wildman–Crippen MR) is 137 cm³/mol. The van der Waals surface area contributed by atoms with Gasteiger partial charge in [-0.15, -0.1) is 0 Å². The van der Waals surface area contributed by atoms with E-state index in [4.69, 9.17) is 0 Å². The number of fused-ring (bicyclic) bond motifs is 2. The number of hydrogen-bond acceptors (Lipinski definition) is 5. The van der Waals surface area contributed by atoms with Gasteiger partial charge in [0.2, 0.25) is 0 Å². The van der Waals surface area contributed by atoms with Crippen molar-refractivity contribution in [1.29, 1.82) is 0 Å². The molecule has 4 rings (SSSR count). The third-order valence-corrected chi connectivity index (χ3v) is 8.93. The average molecular weight is 468 g/mol. The second-order valence-electron chi connectivity index (χ2n) is 12.1. The standard InChI is InChI=1S/C29H41NO4/c1-19-12-22-23(27(4,5)9-8-26(22,2)3)14-25(19)30-20-6-7-21-24(13-20)29(17-33,18-34)11-10-28(21,15-31)16-32/h6-7,12-14,30-34H,8-11,15-18H2,1-5H3. The molecule has 0 heterocycles. The lowest BCUT2D eigenvalue weighted by Gasteiger charge is -2.45. The number of benzene rings is 2. The van der Waals surface area contributed by atoms with Gasteiger partial charge in [-0.2, -0.15) is 0 Å². The van der Waals surface area contributed by atoms with E-state index in [0.717, 1.165) is 28.9 Å². The highest BCUT2D eigenvalue weighted by Crippen LogP contribution is 2.49. The SMILES string of the molecule is Cc1cc2c(cc1Nc1ccc3c(c1)C(CO)(CO)CCC3(CO)CO)C(C)(C)CCC2(C)C. The number of nitrogens with one attached hydrogen (secondary N) is 1. The topological polar surface area (TPSA) is 93.0 Å². The lowest BCUT2D eigenvalue weighted by Crippen LogP contribution is -2.48. The Balaban J connectivity index is 1.80. The van der Waals surface area contributed by atoms with E-state index in [9.17, 15) is 20.4 Å². The number of rotatable bonds is 6. The summed E-state index contributed by atoms with van der Waals surface area (Å²) in [6, 6.07) is 10.5. The van der Waals surface area contributed by atoms with Crippen LogP contribution in [0.15, 0.2) is 30.3 Å². The normalized spacial score (nSPS) is 21.4. The van der Waals surface area contributed by atoms with Crippen LogP contribution in [0.3, 0.4) is 0 Å². The first-order valence-corrected chi connectivity index (χ1v) is 12.5. The van der Waals surface area contributed by atoms with Crippen molar-refractivity contribution in [3.8, 4) is 0 Å². The zero-order chi connectivity index (χ0) is 24.9. The third-order valence-electron chi connectivity index (χ3n) is 8.93. The van der Waals surface area contributed by atoms with Gasteiger partial charge in [-0.05, 0) is 89.5 Å². The van der Waals surface area contributed by atoms with Crippen LogP contribution in [0.1, 0.15) is 81.2 Å². The van der Waals surface area contributed by atoms with Crippen LogP contribution >= 0.6 is 0 Å². The van der Waals surface area contributed by atoms with Crippen LogP contribution in [-0.4, -0.2) is 46.9 Å². The Bertz CT molecular complexity index is 1060. The molecule has 5 nitrogen and oxygen atoms in total. The Kier molecular flexibility index (Phi) is 6.39. The molecule has 0 fully saturated rings. The second kappa shape index (κ2) is 8.63. The molecule has 0 saturated heterocycles. The summed E-state index contributed by atoms with van der Waals surface area (Å²) in [7, 11) is 0. The Morgan fingerprint density at radius 1 is 0.647 bits per heavy atom. The minimum atomic E-state index is -0.794. The highest BCUT2D eigenvalue weighted by molar-refractivity contribution is 5.68. The van der Waals surface area contributed by atoms with E-state index in [1.807, 2.05) is 18.2 Å². The van der Waals surface area contributed by atoms with E-state index in [0.29, 0.717) is 12.8 Å². The van der Waals surface area contributed by atoms with E-state index in [1.165, 1.54) is 23.1 Å². The molecule has 5 heteroatoms. The van der Waals surface area contributed by atoms with Crippen LogP contribution in [0.5, 0.6) is 0 Å². The van der Waals surface area contributed by atoms with E-state index >= 15 is 0 Å². The Morgan fingerprint density at radius 3 is 1.68 bits per heavy atom. The molecule has 0 saturated carbocycles. The number of aliphatic hydroxyl groups excluding tert-OH is 4. The summed E-state index contributed by atoms with van der Waals surface area (Å²) in [5, 5.41) is 44.4. The fourth-order valence-corrected chi connectivity index (χ4v) is 6.04. The van der Waals surface area contributed by atoms with Gasteiger partial charge in [0, 0.05) is 22.2 Å². The maximum Gasteiger partial charge on any atom is 0.0550 e. The molecular weight excluding hydrogens is 426 g/mol. The fraction of sp³-hybridized carbons (Fsp3) is 0.586. The van der Waals surface area contributed by atoms with E-state index in [-0.39, 0.29) is 37.3 Å². The lowest BCUT2D eigenvalue weighted by molar-refractivity contribution is 0.0526. The number of aryl methyl sites for hydroxylation is 1. The Labute approximate surface area is 203 Å². The van der Waals surface area contributed by atoms with Gasteiger partial charge in [0.05, 0.1) is 26.4 Å². The highest BCUT2D eigenvalue weighted by Gasteiger charge is 2.46. The number of aliphatic hydroxyl groups is 4. The summed E-state index contributed by atoms with van der Waals surface area (Å²) in [5.41, 5.74) is 6.21. The minimum Gasteiger partial charge on any atom is -0.395 e. The van der Waals surface area contributed by atoms with Crippen LogP contribution in [0, 0.1) is 6.92 Å². The lowest BCUT2D eigenvalue weighted by atomic mass is 9.61. The molecule has 0 amide bonds. The van der Waals surface area contributed by atoms with Crippen molar-refractivity contribution in [3.05, 3.63) is 58.1 Å². The van der Waals surface area contributed by atoms with Crippen molar-refractivity contribution in [2.24, 2.45) is 0 Å². The van der Waals surface area contributed by atoms with Gasteiger partial charge in [0.15, 0.2) is 0 Å². The van der Waals surface area contributed by atoms with Crippen molar-refractivity contribution < 1.29 is 20.4 Å². The average Bonchev–Trinajstić information content (AvgIpc) is 2.82. The molecule has 0 aromatic heterocycles. The van der Waals surface area contributed by atoms with Crippen molar-refractivity contribution in [1.82, 2.24) is 0 Å². The molecule has 2 aromatic carbocycles. The monoisotopic (exact) mass is 467 g/mol. The molecule has 5 N–H and O–H groups in total. The summed E-state index contributed by atoms with van der Waals surface area (Å²) in [6.45, 7) is 10.7. The second-order valence-corrected chi connectivity index (χ2v) is 12.1. The first-order valence-electron chi connectivity index (χ1n) is 12.5. The van der Waals surface area contributed by atoms with Crippen LogP contribution in [0.25, 0.3) is 0 Å².